The van der Waals surface area contributed by atoms with Crippen LogP contribution in [0.5, 0.6) is 5.75 Å². The zero-order valence-corrected chi connectivity index (χ0v) is 15.3. The fourth-order valence-electron chi connectivity index (χ4n) is 2.67. The Labute approximate surface area is 155 Å². The number of ether oxygens (including phenoxy) is 1. The summed E-state index contributed by atoms with van der Waals surface area (Å²) >= 11 is 3.34. The third-order valence-electron chi connectivity index (χ3n) is 4.02. The molecule has 2 aromatic carbocycles. The molecule has 0 atom stereocenters. The number of hydrogen-bond acceptors (Lipinski definition) is 3. The second kappa shape index (κ2) is 8.16. The van der Waals surface area contributed by atoms with Crippen LogP contribution in [0.4, 0.5) is 5.69 Å². The van der Waals surface area contributed by atoms with Gasteiger partial charge in [0.15, 0.2) is 6.61 Å². The Kier molecular flexibility index (Phi) is 5.71. The van der Waals surface area contributed by atoms with Crippen molar-refractivity contribution < 1.29 is 14.3 Å². The van der Waals surface area contributed by atoms with Gasteiger partial charge in [-0.25, -0.2) is 0 Å². The van der Waals surface area contributed by atoms with Crippen molar-refractivity contribution in [2.75, 3.05) is 25.0 Å². The van der Waals surface area contributed by atoms with Gasteiger partial charge in [-0.05, 0) is 49.2 Å². The van der Waals surface area contributed by atoms with E-state index in [0.29, 0.717) is 17.0 Å². The number of carbonyl (C=O) groups excluding carboxylic acids is 2. The second-order valence-electron chi connectivity index (χ2n) is 5.87. The molecule has 1 N–H and O–H groups in total. The molecule has 5 nitrogen and oxygen atoms in total. The van der Waals surface area contributed by atoms with E-state index in [0.717, 1.165) is 30.4 Å². The van der Waals surface area contributed by atoms with E-state index in [2.05, 4.69) is 21.2 Å². The molecule has 3 rings (SSSR count). The summed E-state index contributed by atoms with van der Waals surface area (Å²) in [6.07, 6.45) is 2.12. The van der Waals surface area contributed by atoms with Gasteiger partial charge >= 0.3 is 0 Å². The van der Waals surface area contributed by atoms with Crippen molar-refractivity contribution in [3.05, 3.63) is 58.6 Å². The van der Waals surface area contributed by atoms with Crippen LogP contribution in [-0.4, -0.2) is 36.4 Å². The lowest BCUT2D eigenvalue weighted by molar-refractivity contribution is -0.132. The zero-order chi connectivity index (χ0) is 17.6. The van der Waals surface area contributed by atoms with Crippen LogP contribution in [0.3, 0.4) is 0 Å². The predicted molar refractivity (Wildman–Crippen MR) is 99.8 cm³/mol. The zero-order valence-electron chi connectivity index (χ0n) is 13.7. The molecule has 1 fully saturated rings. The molecule has 0 bridgehead atoms. The van der Waals surface area contributed by atoms with E-state index in [1.54, 1.807) is 36.4 Å². The number of carbonyl (C=O) groups is 2. The van der Waals surface area contributed by atoms with E-state index in [1.807, 2.05) is 17.0 Å². The molecular formula is C19H19BrN2O3. The number of likely N-dealkylation sites (tertiary alicyclic amines) is 1. The number of halogens is 1. The molecule has 2 amide bonds. The molecule has 1 aliphatic heterocycles. The molecule has 1 aliphatic rings. The van der Waals surface area contributed by atoms with Gasteiger partial charge < -0.3 is 15.0 Å². The smallest absolute Gasteiger partial charge is 0.260 e. The summed E-state index contributed by atoms with van der Waals surface area (Å²) in [6.45, 7) is 1.64. The van der Waals surface area contributed by atoms with Crippen molar-refractivity contribution in [2.24, 2.45) is 0 Å². The van der Waals surface area contributed by atoms with Gasteiger partial charge in [-0.2, -0.15) is 0 Å². The van der Waals surface area contributed by atoms with Gasteiger partial charge in [-0.1, -0.05) is 22.0 Å². The molecule has 1 heterocycles. The third kappa shape index (κ3) is 4.82. The number of benzene rings is 2. The highest BCUT2D eigenvalue weighted by molar-refractivity contribution is 9.10. The summed E-state index contributed by atoms with van der Waals surface area (Å²) < 4.78 is 6.49. The Morgan fingerprint density at radius 1 is 1.08 bits per heavy atom. The minimum absolute atomic E-state index is 0.00167. The maximum atomic E-state index is 12.2. The lowest BCUT2D eigenvalue weighted by atomic mass is 10.2. The maximum absolute atomic E-state index is 12.2. The Balaban J connectivity index is 1.58. The average molecular weight is 403 g/mol. The fourth-order valence-corrected chi connectivity index (χ4v) is 2.94. The normalized spacial score (nSPS) is 13.6. The number of rotatable bonds is 5. The Hall–Kier alpha value is -2.34. The minimum Gasteiger partial charge on any atom is -0.484 e. The third-order valence-corrected chi connectivity index (χ3v) is 4.55. The first-order chi connectivity index (χ1) is 12.1. The van der Waals surface area contributed by atoms with Gasteiger partial charge in [-0.15, -0.1) is 0 Å². The van der Waals surface area contributed by atoms with Crippen LogP contribution < -0.4 is 10.1 Å². The van der Waals surface area contributed by atoms with Crippen molar-refractivity contribution >= 4 is 33.4 Å². The molecule has 0 radical (unpaired) electrons. The molecule has 25 heavy (non-hydrogen) atoms. The molecule has 1 saturated heterocycles. The summed E-state index contributed by atoms with van der Waals surface area (Å²) in [6, 6.07) is 14.2. The van der Waals surface area contributed by atoms with Gasteiger partial charge in [0, 0.05) is 34.9 Å². The maximum Gasteiger partial charge on any atom is 0.260 e. The van der Waals surface area contributed by atoms with E-state index < -0.39 is 0 Å². The van der Waals surface area contributed by atoms with Crippen LogP contribution in [0.25, 0.3) is 0 Å². The molecule has 130 valence electrons. The summed E-state index contributed by atoms with van der Waals surface area (Å²) in [5.74, 6) is 0.362. The van der Waals surface area contributed by atoms with Crippen LogP contribution in [0, 0.1) is 0 Å². The lowest BCUT2D eigenvalue weighted by Crippen LogP contribution is -2.32. The quantitative estimate of drug-likeness (QED) is 0.828. The van der Waals surface area contributed by atoms with Crippen molar-refractivity contribution in [2.45, 2.75) is 12.8 Å². The Morgan fingerprint density at radius 2 is 1.80 bits per heavy atom. The van der Waals surface area contributed by atoms with Crippen LogP contribution in [0.15, 0.2) is 53.0 Å². The molecular weight excluding hydrogens is 384 g/mol. The first kappa shape index (κ1) is 17.5. The Bertz CT molecular complexity index is 756. The standard InChI is InChI=1S/C19H19BrN2O3/c20-15-8-6-14(7-9-15)19(24)21-16-4-3-5-17(12-16)25-13-18(23)22-10-1-2-11-22/h3-9,12H,1-2,10-11,13H2,(H,21,24). The van der Waals surface area contributed by atoms with Crippen molar-refractivity contribution in [1.82, 2.24) is 4.90 Å². The van der Waals surface area contributed by atoms with E-state index in [9.17, 15) is 9.59 Å². The van der Waals surface area contributed by atoms with Crippen molar-refractivity contribution in [3.8, 4) is 5.75 Å². The molecule has 0 spiro atoms. The highest BCUT2D eigenvalue weighted by Crippen LogP contribution is 2.19. The van der Waals surface area contributed by atoms with Gasteiger partial charge in [0.25, 0.3) is 11.8 Å². The summed E-state index contributed by atoms with van der Waals surface area (Å²) in [4.78, 5) is 26.1. The van der Waals surface area contributed by atoms with Crippen molar-refractivity contribution in [3.63, 3.8) is 0 Å². The topological polar surface area (TPSA) is 58.6 Å². The first-order valence-corrected chi connectivity index (χ1v) is 8.99. The predicted octanol–water partition coefficient (Wildman–Crippen LogP) is 3.70. The van der Waals surface area contributed by atoms with Gasteiger partial charge in [0.1, 0.15) is 5.75 Å². The van der Waals surface area contributed by atoms with E-state index >= 15 is 0 Å². The number of hydrogen-bond donors (Lipinski definition) is 1. The van der Waals surface area contributed by atoms with E-state index in [1.165, 1.54) is 0 Å². The average Bonchev–Trinajstić information content (AvgIpc) is 3.15. The molecule has 0 unspecified atom stereocenters. The van der Waals surface area contributed by atoms with Crippen LogP contribution in [0.1, 0.15) is 23.2 Å². The van der Waals surface area contributed by atoms with E-state index in [4.69, 9.17) is 4.74 Å². The van der Waals surface area contributed by atoms with Gasteiger partial charge in [0.2, 0.25) is 0 Å². The molecule has 6 heteroatoms. The molecule has 0 aliphatic carbocycles. The number of nitrogens with one attached hydrogen (secondary N) is 1. The monoisotopic (exact) mass is 402 g/mol. The largest absolute Gasteiger partial charge is 0.484 e. The number of nitrogens with zero attached hydrogens (tertiary/aromatic N) is 1. The second-order valence-corrected chi connectivity index (χ2v) is 6.78. The fraction of sp³-hybridized carbons (Fsp3) is 0.263. The summed E-state index contributed by atoms with van der Waals surface area (Å²) in [7, 11) is 0. The van der Waals surface area contributed by atoms with Crippen LogP contribution in [-0.2, 0) is 4.79 Å². The molecule has 0 aromatic heterocycles. The number of amides is 2. The van der Waals surface area contributed by atoms with Gasteiger partial charge in [0.05, 0.1) is 0 Å². The van der Waals surface area contributed by atoms with Crippen LogP contribution >= 0.6 is 15.9 Å². The molecule has 0 saturated carbocycles. The highest BCUT2D eigenvalue weighted by Gasteiger charge is 2.18. The Morgan fingerprint density at radius 3 is 2.52 bits per heavy atom. The summed E-state index contributed by atoms with van der Waals surface area (Å²) in [5, 5.41) is 2.83. The SMILES string of the molecule is O=C(Nc1cccc(OCC(=O)N2CCCC2)c1)c1ccc(Br)cc1. The lowest BCUT2D eigenvalue weighted by Gasteiger charge is -2.15. The number of anilines is 1. The first-order valence-electron chi connectivity index (χ1n) is 8.19. The van der Waals surface area contributed by atoms with Gasteiger partial charge in [-0.3, -0.25) is 9.59 Å². The summed E-state index contributed by atoms with van der Waals surface area (Å²) in [5.41, 5.74) is 1.19. The van der Waals surface area contributed by atoms with E-state index in [-0.39, 0.29) is 18.4 Å². The van der Waals surface area contributed by atoms with Crippen LogP contribution in [0.2, 0.25) is 0 Å². The highest BCUT2D eigenvalue weighted by atomic mass is 79.9. The van der Waals surface area contributed by atoms with Crippen molar-refractivity contribution in [1.29, 1.82) is 0 Å². The molecule has 2 aromatic rings. The minimum atomic E-state index is -0.196.